The van der Waals surface area contributed by atoms with Crippen molar-refractivity contribution in [3.8, 4) is 0 Å². The predicted molar refractivity (Wildman–Crippen MR) is 187 cm³/mol. The Bertz CT molecular complexity index is 2080. The predicted octanol–water partition coefficient (Wildman–Crippen LogP) is 5.32. The summed E-state index contributed by atoms with van der Waals surface area (Å²) in [6.07, 6.45) is -0.582. The van der Waals surface area contributed by atoms with Gasteiger partial charge in [0.1, 0.15) is 0 Å². The molecule has 0 aliphatic heterocycles. The summed E-state index contributed by atoms with van der Waals surface area (Å²) in [6.45, 7) is 10.2. The van der Waals surface area contributed by atoms with Crippen molar-refractivity contribution in [3.63, 3.8) is 0 Å². The molecule has 0 radical (unpaired) electrons. The van der Waals surface area contributed by atoms with E-state index in [0.717, 1.165) is 0 Å². The molecule has 226 valence electrons. The first-order valence-corrected chi connectivity index (χ1v) is 22.4. The van der Waals surface area contributed by atoms with Gasteiger partial charge in [-0.15, -0.1) is 0 Å². The summed E-state index contributed by atoms with van der Waals surface area (Å²) in [5, 5.41) is 5.36. The first-order valence-electron chi connectivity index (χ1n) is 15.8. The van der Waals surface area contributed by atoms with Crippen molar-refractivity contribution in [1.82, 2.24) is 0 Å². The molecule has 0 amide bonds. The minimum atomic E-state index is -1.86. The third-order valence-electron chi connectivity index (χ3n) is 10.1. The zero-order valence-corrected chi connectivity index (χ0v) is 30.7. The Balaban J connectivity index is 0.00000186. The second-order valence-electron chi connectivity index (χ2n) is 12.7. The molecule has 4 heteroatoms. The van der Waals surface area contributed by atoms with Gasteiger partial charge in [0.05, 0.1) is 0 Å². The number of allylic oxidation sites excluding steroid dienone is 2. The third-order valence-corrected chi connectivity index (χ3v) is 23.3. The maximum atomic E-state index is 2.62. The molecule has 0 spiro atoms. The van der Waals surface area contributed by atoms with Crippen LogP contribution in [0.25, 0.3) is 32.7 Å². The Labute approximate surface area is 291 Å². The summed E-state index contributed by atoms with van der Waals surface area (Å²) in [7, 11) is 0. The van der Waals surface area contributed by atoms with Crippen molar-refractivity contribution in [3.05, 3.63) is 178 Å². The van der Waals surface area contributed by atoms with Gasteiger partial charge in [0, 0.05) is 0 Å². The molecule has 0 N–H and O–H groups in total. The molecule has 2 aliphatic carbocycles. The molecule has 46 heavy (non-hydrogen) atoms. The second-order valence-corrected chi connectivity index (χ2v) is 25.0. The fraction of sp³-hybridized carbons (Fsp3) is 0.143. The zero-order chi connectivity index (χ0) is 29.9. The number of fused-ring (bicyclic) bond motifs is 4. The van der Waals surface area contributed by atoms with Gasteiger partial charge in [0.15, 0.2) is 0 Å². The molecule has 6 aromatic rings. The Morgan fingerprint density at radius 2 is 0.783 bits per heavy atom. The first kappa shape index (κ1) is 32.8. The maximum absolute atomic E-state index is 2.62. The van der Waals surface area contributed by atoms with Crippen molar-refractivity contribution in [2.45, 2.75) is 35.4 Å². The summed E-state index contributed by atoms with van der Waals surface area (Å²) in [6, 6.07) is 50.3. The monoisotopic (exact) mass is 686 g/mol. The van der Waals surface area contributed by atoms with Crippen molar-refractivity contribution in [2.75, 3.05) is 0 Å². The van der Waals surface area contributed by atoms with Crippen LogP contribution in [0, 0.1) is 0 Å². The molecule has 0 fully saturated rings. The standard InChI is InChI=1S/2C20H15.C2H6Si.2ClH.Ti/c2*1-14-13-16-8-3-5-11-18(16)20(14)19-12-6-9-15-7-2-4-10-17(15)19;1-3-2;;;/h2*2-13H,1H3;1-2H3;2*1H;/q;;;;;+2/p-2. The number of benzene rings is 6. The average Bonchev–Trinajstić information content (AvgIpc) is 3.50. The van der Waals surface area contributed by atoms with Crippen LogP contribution in [0.3, 0.4) is 0 Å². The van der Waals surface area contributed by atoms with Crippen molar-refractivity contribution in [1.29, 1.82) is 0 Å². The van der Waals surface area contributed by atoms with Gasteiger partial charge < -0.3 is 24.8 Å². The average molecular weight is 688 g/mol. The maximum Gasteiger partial charge on any atom is -1.00 e. The molecule has 0 heterocycles. The van der Waals surface area contributed by atoms with E-state index in [9.17, 15) is 0 Å². The van der Waals surface area contributed by atoms with Crippen LogP contribution in [0.15, 0.2) is 145 Å². The van der Waals surface area contributed by atoms with Gasteiger partial charge in [0.25, 0.3) is 0 Å². The SMILES string of the molecule is CC1=C(c2cccc3ccccc23)c2ccccc2[CH]1[Ti+2]([CH]1C(C)=C(c2cccc3ccccc23)c2ccccc21)=[Si](C)C.[Cl-].[Cl-]. The van der Waals surface area contributed by atoms with Crippen molar-refractivity contribution < 1.29 is 41.4 Å². The van der Waals surface area contributed by atoms with E-state index in [4.69, 9.17) is 0 Å². The first-order chi connectivity index (χ1) is 21.5. The van der Waals surface area contributed by atoms with Gasteiger partial charge in [-0.05, 0) is 0 Å². The van der Waals surface area contributed by atoms with E-state index in [2.05, 4.69) is 160 Å². The van der Waals surface area contributed by atoms with E-state index < -0.39 is 22.8 Å². The van der Waals surface area contributed by atoms with E-state index in [-0.39, 0.29) is 24.8 Å². The van der Waals surface area contributed by atoms with Crippen LogP contribution in [-0.2, 0) is 16.6 Å². The van der Waals surface area contributed by atoms with Crippen LogP contribution in [0.1, 0.15) is 55.7 Å². The number of hydrogen-bond acceptors (Lipinski definition) is 0. The van der Waals surface area contributed by atoms with Crippen LogP contribution in [0.2, 0.25) is 13.1 Å². The number of rotatable bonds is 4. The van der Waals surface area contributed by atoms with Gasteiger partial charge in [-0.2, -0.15) is 0 Å². The molecular formula is C42H36Cl2SiTi. The van der Waals surface area contributed by atoms with Crippen LogP contribution < -0.4 is 24.8 Å². The van der Waals surface area contributed by atoms with Crippen LogP contribution >= 0.6 is 0 Å². The molecule has 0 nitrogen and oxygen atoms in total. The van der Waals surface area contributed by atoms with Gasteiger partial charge >= 0.3 is 269 Å². The minimum Gasteiger partial charge on any atom is -1.00 e. The molecular weight excluding hydrogens is 651 g/mol. The van der Waals surface area contributed by atoms with Crippen LogP contribution in [0.5, 0.6) is 0 Å². The molecule has 2 unspecified atom stereocenters. The normalized spacial score (nSPS) is 16.4. The van der Waals surface area contributed by atoms with Crippen LogP contribution in [0.4, 0.5) is 0 Å². The third kappa shape index (κ3) is 5.09. The van der Waals surface area contributed by atoms with Crippen molar-refractivity contribution in [2.24, 2.45) is 0 Å². The molecule has 0 aromatic heterocycles. The van der Waals surface area contributed by atoms with E-state index in [1.165, 1.54) is 54.9 Å². The van der Waals surface area contributed by atoms with Gasteiger partial charge in [-0.25, -0.2) is 0 Å². The molecule has 6 aromatic carbocycles. The Morgan fingerprint density at radius 3 is 1.22 bits per heavy atom. The molecule has 0 saturated heterocycles. The quantitative estimate of drug-likeness (QED) is 0.220. The molecule has 0 bridgehead atoms. The molecule has 8 rings (SSSR count). The Hall–Kier alpha value is -3.17. The molecule has 2 aliphatic rings. The molecule has 2 atom stereocenters. The second kappa shape index (κ2) is 13.1. The zero-order valence-electron chi connectivity index (χ0n) is 26.6. The smallest absolute Gasteiger partial charge is 1.00 e. The minimum absolute atomic E-state index is 0. The summed E-state index contributed by atoms with van der Waals surface area (Å²) in [5.74, 6) is 0. The largest absolute Gasteiger partial charge is 1.00 e. The van der Waals surface area contributed by atoms with E-state index in [1.54, 1.807) is 22.3 Å². The summed E-state index contributed by atoms with van der Waals surface area (Å²) in [5.41, 5.74) is 15.0. The Morgan fingerprint density at radius 1 is 0.435 bits per heavy atom. The molecule has 0 saturated carbocycles. The number of hydrogen-bond donors (Lipinski definition) is 0. The van der Waals surface area contributed by atoms with Crippen molar-refractivity contribution >= 4 is 38.9 Å². The van der Waals surface area contributed by atoms with E-state index in [1.807, 2.05) is 0 Å². The summed E-state index contributed by atoms with van der Waals surface area (Å²) >= 11 is -1.86. The van der Waals surface area contributed by atoms with Crippen LogP contribution in [-0.4, -0.2) is 6.19 Å². The number of halogens is 2. The Kier molecular flexibility index (Phi) is 9.36. The van der Waals surface area contributed by atoms with Gasteiger partial charge in [0.2, 0.25) is 0 Å². The van der Waals surface area contributed by atoms with Gasteiger partial charge in [-0.3, -0.25) is 0 Å². The fourth-order valence-electron chi connectivity index (χ4n) is 8.28. The summed E-state index contributed by atoms with van der Waals surface area (Å²) in [4.78, 5) is 0. The fourth-order valence-corrected chi connectivity index (χ4v) is 22.2. The van der Waals surface area contributed by atoms with E-state index in [0.29, 0.717) is 8.45 Å². The van der Waals surface area contributed by atoms with E-state index >= 15 is 0 Å². The topological polar surface area (TPSA) is 0 Å². The summed E-state index contributed by atoms with van der Waals surface area (Å²) < 4.78 is 1.09. The van der Waals surface area contributed by atoms with Gasteiger partial charge in [-0.1, -0.05) is 0 Å².